The Morgan fingerprint density at radius 3 is 2.50 bits per heavy atom. The van der Waals surface area contributed by atoms with Crippen molar-refractivity contribution in [2.45, 2.75) is 51.6 Å². The van der Waals surface area contributed by atoms with Gasteiger partial charge in [-0.2, -0.15) is 0 Å². The summed E-state index contributed by atoms with van der Waals surface area (Å²) in [6, 6.07) is 7.95. The van der Waals surface area contributed by atoms with Gasteiger partial charge in [0.2, 0.25) is 0 Å². The number of hydrogen-bond donors (Lipinski definition) is 1. The number of likely N-dealkylation sites (tertiary alicyclic amines) is 1. The smallest absolute Gasteiger partial charge is 0.123 e. The lowest BCUT2D eigenvalue weighted by molar-refractivity contribution is 0.192. The molecule has 1 unspecified atom stereocenters. The van der Waals surface area contributed by atoms with Gasteiger partial charge in [-0.1, -0.05) is 19.1 Å². The Kier molecular flexibility index (Phi) is 5.99. The third-order valence-corrected chi connectivity index (χ3v) is 4.10. The van der Waals surface area contributed by atoms with E-state index < -0.39 is 0 Å². The summed E-state index contributed by atoms with van der Waals surface area (Å²) in [4.78, 5) is 2.56. The number of piperidine rings is 1. The van der Waals surface area contributed by atoms with Crippen molar-refractivity contribution in [1.29, 1.82) is 0 Å². The third-order valence-electron chi connectivity index (χ3n) is 4.10. The molecule has 0 aromatic heterocycles. The van der Waals surface area contributed by atoms with E-state index in [1.54, 1.807) is 12.1 Å². The molecule has 1 aliphatic heterocycles. The maximum Gasteiger partial charge on any atom is 0.123 e. The van der Waals surface area contributed by atoms with Crippen LogP contribution in [0.5, 0.6) is 0 Å². The van der Waals surface area contributed by atoms with E-state index >= 15 is 0 Å². The fraction of sp³-hybridized carbons (Fsp3) is 0.647. The van der Waals surface area contributed by atoms with Gasteiger partial charge in [0.15, 0.2) is 0 Å². The molecule has 1 aromatic rings. The second kappa shape index (κ2) is 7.75. The molecular formula is C17H27FN2. The number of nitrogens with zero attached hydrogens (tertiary/aromatic N) is 1. The van der Waals surface area contributed by atoms with Crippen LogP contribution >= 0.6 is 0 Å². The Balaban J connectivity index is 1.72. The lowest BCUT2D eigenvalue weighted by Gasteiger charge is -2.33. The lowest BCUT2D eigenvalue weighted by Crippen LogP contribution is -2.46. The van der Waals surface area contributed by atoms with Gasteiger partial charge in [-0.15, -0.1) is 0 Å². The zero-order valence-corrected chi connectivity index (χ0v) is 12.7. The molecule has 0 radical (unpaired) electrons. The fourth-order valence-electron chi connectivity index (χ4n) is 3.07. The highest BCUT2D eigenvalue weighted by atomic mass is 19.1. The number of halogens is 1. The van der Waals surface area contributed by atoms with E-state index in [0.717, 1.165) is 6.42 Å². The van der Waals surface area contributed by atoms with Crippen LogP contribution in [0.15, 0.2) is 24.3 Å². The summed E-state index contributed by atoms with van der Waals surface area (Å²) in [5, 5.41) is 3.72. The molecule has 0 spiro atoms. The first-order chi connectivity index (χ1) is 9.67. The number of rotatable bonds is 6. The quantitative estimate of drug-likeness (QED) is 0.859. The van der Waals surface area contributed by atoms with E-state index in [4.69, 9.17) is 0 Å². The van der Waals surface area contributed by atoms with Crippen molar-refractivity contribution in [3.05, 3.63) is 35.6 Å². The van der Waals surface area contributed by atoms with E-state index in [-0.39, 0.29) is 5.82 Å². The highest BCUT2D eigenvalue weighted by Crippen LogP contribution is 2.13. The van der Waals surface area contributed by atoms with Gasteiger partial charge in [0, 0.05) is 12.1 Å². The Labute approximate surface area is 122 Å². The van der Waals surface area contributed by atoms with Crippen LogP contribution in [0.25, 0.3) is 0 Å². The lowest BCUT2D eigenvalue weighted by atomic mass is 10.0. The zero-order chi connectivity index (χ0) is 14.4. The summed E-state index contributed by atoms with van der Waals surface area (Å²) in [5.74, 6) is -0.155. The second-order valence-corrected chi connectivity index (χ2v) is 6.01. The summed E-state index contributed by atoms with van der Waals surface area (Å²) >= 11 is 0. The van der Waals surface area contributed by atoms with Gasteiger partial charge in [0.05, 0.1) is 0 Å². The minimum absolute atomic E-state index is 0.155. The largest absolute Gasteiger partial charge is 0.311 e. The summed E-state index contributed by atoms with van der Waals surface area (Å²) in [5.41, 5.74) is 1.20. The summed E-state index contributed by atoms with van der Waals surface area (Å²) in [6.07, 6.45) is 4.70. The van der Waals surface area contributed by atoms with E-state index in [9.17, 15) is 4.39 Å². The van der Waals surface area contributed by atoms with Crippen LogP contribution in [-0.2, 0) is 6.42 Å². The predicted molar refractivity (Wildman–Crippen MR) is 82.5 cm³/mol. The molecule has 1 aromatic carbocycles. The molecule has 0 bridgehead atoms. The van der Waals surface area contributed by atoms with Crippen LogP contribution in [0, 0.1) is 5.82 Å². The Morgan fingerprint density at radius 1 is 1.25 bits per heavy atom. The molecule has 1 N–H and O–H groups in total. The highest BCUT2D eigenvalue weighted by molar-refractivity contribution is 5.17. The van der Waals surface area contributed by atoms with Crippen molar-refractivity contribution in [3.63, 3.8) is 0 Å². The molecule has 1 aliphatic rings. The molecule has 112 valence electrons. The standard InChI is InChI=1S/C17H27FN2/c1-3-10-20-11-8-17(9-12-20)19-14(2)13-15-4-6-16(18)7-5-15/h4-7,14,17,19H,3,8-13H2,1-2H3. The highest BCUT2D eigenvalue weighted by Gasteiger charge is 2.19. The topological polar surface area (TPSA) is 15.3 Å². The maximum atomic E-state index is 12.9. The van der Waals surface area contributed by atoms with Crippen LogP contribution in [0.2, 0.25) is 0 Å². The maximum absolute atomic E-state index is 12.9. The van der Waals surface area contributed by atoms with Crippen molar-refractivity contribution in [2.75, 3.05) is 19.6 Å². The van der Waals surface area contributed by atoms with Gasteiger partial charge >= 0.3 is 0 Å². The van der Waals surface area contributed by atoms with Crippen molar-refractivity contribution in [2.24, 2.45) is 0 Å². The molecule has 0 aliphatic carbocycles. The molecule has 1 atom stereocenters. The zero-order valence-electron chi connectivity index (χ0n) is 12.7. The average molecular weight is 278 g/mol. The molecule has 2 nitrogen and oxygen atoms in total. The van der Waals surface area contributed by atoms with Crippen molar-refractivity contribution < 1.29 is 4.39 Å². The van der Waals surface area contributed by atoms with E-state index in [2.05, 4.69) is 24.1 Å². The van der Waals surface area contributed by atoms with Gasteiger partial charge in [-0.25, -0.2) is 4.39 Å². The normalized spacial score (nSPS) is 19.1. The molecule has 1 heterocycles. The SMILES string of the molecule is CCCN1CCC(NC(C)Cc2ccc(F)cc2)CC1. The predicted octanol–water partition coefficient (Wildman–Crippen LogP) is 3.22. The second-order valence-electron chi connectivity index (χ2n) is 6.01. The molecule has 0 amide bonds. The molecule has 1 saturated heterocycles. The monoisotopic (exact) mass is 278 g/mol. The molecule has 1 fully saturated rings. The van der Waals surface area contributed by atoms with Crippen molar-refractivity contribution in [3.8, 4) is 0 Å². The average Bonchev–Trinajstić information content (AvgIpc) is 2.44. The van der Waals surface area contributed by atoms with Crippen LogP contribution < -0.4 is 5.32 Å². The van der Waals surface area contributed by atoms with E-state index in [1.807, 2.05) is 12.1 Å². The number of benzene rings is 1. The minimum atomic E-state index is -0.155. The molecule has 0 saturated carbocycles. The van der Waals surface area contributed by atoms with Gasteiger partial charge in [-0.3, -0.25) is 0 Å². The first kappa shape index (κ1) is 15.5. The van der Waals surface area contributed by atoms with Crippen LogP contribution in [0.3, 0.4) is 0 Å². The Bertz CT molecular complexity index is 382. The van der Waals surface area contributed by atoms with Gasteiger partial charge < -0.3 is 10.2 Å². The Hall–Kier alpha value is -0.930. The molecule has 2 rings (SSSR count). The summed E-state index contributed by atoms with van der Waals surface area (Å²) < 4.78 is 12.9. The van der Waals surface area contributed by atoms with Crippen LogP contribution in [0.4, 0.5) is 4.39 Å². The van der Waals surface area contributed by atoms with Crippen LogP contribution in [0.1, 0.15) is 38.7 Å². The summed E-state index contributed by atoms with van der Waals surface area (Å²) in [7, 11) is 0. The number of hydrogen-bond acceptors (Lipinski definition) is 2. The molecular weight excluding hydrogens is 251 g/mol. The van der Waals surface area contributed by atoms with Crippen molar-refractivity contribution >= 4 is 0 Å². The van der Waals surface area contributed by atoms with E-state index in [1.165, 1.54) is 44.5 Å². The first-order valence-electron chi connectivity index (χ1n) is 7.90. The van der Waals surface area contributed by atoms with Gasteiger partial charge in [-0.05, 0) is 69.9 Å². The first-order valence-corrected chi connectivity index (χ1v) is 7.90. The fourth-order valence-corrected chi connectivity index (χ4v) is 3.07. The van der Waals surface area contributed by atoms with Gasteiger partial charge in [0.25, 0.3) is 0 Å². The number of nitrogens with one attached hydrogen (secondary N) is 1. The summed E-state index contributed by atoms with van der Waals surface area (Å²) in [6.45, 7) is 8.14. The third kappa shape index (κ3) is 4.88. The van der Waals surface area contributed by atoms with Crippen molar-refractivity contribution in [1.82, 2.24) is 10.2 Å². The Morgan fingerprint density at radius 2 is 1.90 bits per heavy atom. The van der Waals surface area contributed by atoms with E-state index in [0.29, 0.717) is 12.1 Å². The van der Waals surface area contributed by atoms with Gasteiger partial charge in [0.1, 0.15) is 5.82 Å². The molecule has 20 heavy (non-hydrogen) atoms. The minimum Gasteiger partial charge on any atom is -0.311 e. The van der Waals surface area contributed by atoms with Crippen LogP contribution in [-0.4, -0.2) is 36.6 Å². The molecule has 3 heteroatoms.